The van der Waals surface area contributed by atoms with Gasteiger partial charge in [0, 0.05) is 5.57 Å². The molecule has 1 heterocycles. The highest BCUT2D eigenvalue weighted by molar-refractivity contribution is 6.04. The van der Waals surface area contributed by atoms with E-state index in [2.05, 4.69) is 16.9 Å². The van der Waals surface area contributed by atoms with E-state index in [1.165, 1.54) is 0 Å². The number of hydrogen-bond donors (Lipinski definition) is 2. The zero-order chi connectivity index (χ0) is 15.0. The van der Waals surface area contributed by atoms with Gasteiger partial charge in [0.1, 0.15) is 0 Å². The molecule has 0 atom stereocenters. The van der Waals surface area contributed by atoms with Gasteiger partial charge >= 0.3 is 0 Å². The van der Waals surface area contributed by atoms with Crippen molar-refractivity contribution >= 4 is 22.8 Å². The molecule has 2 N–H and O–H groups in total. The molecule has 3 rings (SSSR count). The number of hydrogen-bond acceptors (Lipinski definition) is 3. The van der Waals surface area contributed by atoms with E-state index in [-0.39, 0.29) is 5.91 Å². The summed E-state index contributed by atoms with van der Waals surface area (Å²) in [5.74, 6) is -0.133. The summed E-state index contributed by atoms with van der Waals surface area (Å²) in [5, 5.41) is 11.2. The number of carbonyl (C=O) groups excluding carboxylic acids is 1. The first-order chi connectivity index (χ1) is 10.0. The fraction of sp³-hybridized carbons (Fsp3) is 0.176. The number of rotatable bonds is 1. The first kappa shape index (κ1) is 13.3. The van der Waals surface area contributed by atoms with Crippen molar-refractivity contribution in [3.8, 4) is 6.07 Å². The van der Waals surface area contributed by atoms with Crippen LogP contribution in [-0.2, 0) is 4.79 Å². The van der Waals surface area contributed by atoms with Gasteiger partial charge in [-0.2, -0.15) is 5.26 Å². The molecule has 4 heteroatoms. The second-order valence-electron chi connectivity index (χ2n) is 5.66. The van der Waals surface area contributed by atoms with E-state index in [9.17, 15) is 10.1 Å². The molecule has 1 aliphatic rings. The van der Waals surface area contributed by atoms with E-state index in [1.54, 1.807) is 0 Å². The highest BCUT2D eigenvalue weighted by Gasteiger charge is 2.35. The molecule has 0 saturated carbocycles. The summed E-state index contributed by atoms with van der Waals surface area (Å²) in [5.41, 5.74) is 7.27. The highest BCUT2D eigenvalue weighted by Crippen LogP contribution is 2.27. The largest absolute Gasteiger partial charge is 0.287 e. The molecule has 2 aromatic carbocycles. The third-order valence-corrected chi connectivity index (χ3v) is 3.73. The molecule has 0 aromatic heterocycles. The monoisotopic (exact) mass is 277 g/mol. The van der Waals surface area contributed by atoms with Gasteiger partial charge in [-0.25, -0.2) is 5.43 Å². The zero-order valence-electron chi connectivity index (χ0n) is 11.9. The molecule has 1 saturated heterocycles. The van der Waals surface area contributed by atoms with E-state index in [0.29, 0.717) is 11.1 Å². The normalized spacial score (nSPS) is 18.7. The van der Waals surface area contributed by atoms with Crippen molar-refractivity contribution in [1.29, 1.82) is 5.26 Å². The number of hydrazine groups is 1. The summed E-state index contributed by atoms with van der Waals surface area (Å²) in [6, 6.07) is 13.7. The van der Waals surface area contributed by atoms with Crippen LogP contribution in [0.5, 0.6) is 0 Å². The maximum atomic E-state index is 12.0. The predicted octanol–water partition coefficient (Wildman–Crippen LogP) is 2.51. The van der Waals surface area contributed by atoms with Crippen molar-refractivity contribution in [3.05, 3.63) is 53.1 Å². The Labute approximate surface area is 123 Å². The van der Waals surface area contributed by atoms with Crippen LogP contribution in [0.3, 0.4) is 0 Å². The first-order valence-corrected chi connectivity index (χ1v) is 6.74. The third kappa shape index (κ3) is 2.28. The number of fused-ring (bicyclic) bond motifs is 1. The molecule has 1 aliphatic heterocycles. The minimum atomic E-state index is -0.444. The highest BCUT2D eigenvalue weighted by atomic mass is 16.2. The quantitative estimate of drug-likeness (QED) is 0.787. The smallest absolute Gasteiger partial charge is 0.263 e. The van der Waals surface area contributed by atoms with Gasteiger partial charge < -0.3 is 0 Å². The van der Waals surface area contributed by atoms with Gasteiger partial charge in [-0.05, 0) is 48.4 Å². The Bertz CT molecular complexity index is 812. The van der Waals surface area contributed by atoms with Crippen LogP contribution in [0.4, 0.5) is 0 Å². The van der Waals surface area contributed by atoms with Crippen molar-refractivity contribution in [2.75, 3.05) is 0 Å². The number of benzene rings is 2. The summed E-state index contributed by atoms with van der Waals surface area (Å²) in [7, 11) is 0. The molecule has 0 radical (unpaired) electrons. The lowest BCUT2D eigenvalue weighted by molar-refractivity contribution is -0.116. The molecular weight excluding hydrogens is 262 g/mol. The molecule has 21 heavy (non-hydrogen) atoms. The third-order valence-electron chi connectivity index (χ3n) is 3.73. The van der Waals surface area contributed by atoms with Crippen LogP contribution in [0, 0.1) is 11.3 Å². The molecule has 4 nitrogen and oxygen atoms in total. The van der Waals surface area contributed by atoms with Crippen molar-refractivity contribution in [3.63, 3.8) is 0 Å². The Kier molecular flexibility index (Phi) is 3.00. The zero-order valence-corrected chi connectivity index (χ0v) is 11.9. The lowest BCUT2D eigenvalue weighted by Crippen LogP contribution is -2.38. The minimum absolute atomic E-state index is 0.133. The van der Waals surface area contributed by atoms with Gasteiger partial charge in [-0.1, -0.05) is 24.3 Å². The van der Waals surface area contributed by atoms with Crippen LogP contribution in [0.15, 0.2) is 42.0 Å². The Hall–Kier alpha value is -2.64. The molecule has 0 bridgehead atoms. The topological polar surface area (TPSA) is 64.9 Å². The van der Waals surface area contributed by atoms with E-state index < -0.39 is 5.54 Å². The lowest BCUT2D eigenvalue weighted by Gasteiger charge is -2.17. The average molecular weight is 277 g/mol. The molecular formula is C17H15N3O. The molecule has 1 amide bonds. The maximum absolute atomic E-state index is 12.0. The van der Waals surface area contributed by atoms with Crippen molar-refractivity contribution in [2.45, 2.75) is 19.4 Å². The Morgan fingerprint density at radius 3 is 2.67 bits per heavy atom. The van der Waals surface area contributed by atoms with Gasteiger partial charge in [0.2, 0.25) is 0 Å². The molecule has 0 spiro atoms. The fourth-order valence-corrected chi connectivity index (χ4v) is 2.56. The number of nitriles is 1. The number of carbonyl (C=O) groups is 1. The van der Waals surface area contributed by atoms with Crippen LogP contribution in [0.2, 0.25) is 0 Å². The molecule has 0 aliphatic carbocycles. The summed E-state index contributed by atoms with van der Waals surface area (Å²) in [6.07, 6.45) is 1.86. The maximum Gasteiger partial charge on any atom is 0.263 e. The lowest BCUT2D eigenvalue weighted by atomic mass is 9.92. The molecule has 1 fully saturated rings. The van der Waals surface area contributed by atoms with Gasteiger partial charge in [0.15, 0.2) is 0 Å². The van der Waals surface area contributed by atoms with Crippen LogP contribution in [0.1, 0.15) is 25.0 Å². The molecule has 2 aromatic rings. The number of nitrogens with zero attached hydrogens (tertiary/aromatic N) is 1. The first-order valence-electron chi connectivity index (χ1n) is 6.74. The second-order valence-corrected chi connectivity index (χ2v) is 5.66. The summed E-state index contributed by atoms with van der Waals surface area (Å²) >= 11 is 0. The van der Waals surface area contributed by atoms with Crippen LogP contribution in [0.25, 0.3) is 16.8 Å². The average Bonchev–Trinajstić information content (AvgIpc) is 2.74. The van der Waals surface area contributed by atoms with E-state index >= 15 is 0 Å². The van der Waals surface area contributed by atoms with Crippen molar-refractivity contribution < 1.29 is 4.79 Å². The molecule has 0 unspecified atom stereocenters. The second kappa shape index (κ2) is 4.72. The summed E-state index contributed by atoms with van der Waals surface area (Å²) < 4.78 is 0. The number of nitrogens with one attached hydrogen (secondary N) is 2. The minimum Gasteiger partial charge on any atom is -0.287 e. The fourth-order valence-electron chi connectivity index (χ4n) is 2.56. The predicted molar refractivity (Wildman–Crippen MR) is 82.0 cm³/mol. The Morgan fingerprint density at radius 2 is 2.00 bits per heavy atom. The van der Waals surface area contributed by atoms with Gasteiger partial charge in [-0.3, -0.25) is 10.2 Å². The van der Waals surface area contributed by atoms with Crippen molar-refractivity contribution in [1.82, 2.24) is 10.9 Å². The van der Waals surface area contributed by atoms with E-state index in [4.69, 9.17) is 0 Å². The Balaban J connectivity index is 2.25. The van der Waals surface area contributed by atoms with Crippen LogP contribution >= 0.6 is 0 Å². The van der Waals surface area contributed by atoms with E-state index in [1.807, 2.05) is 56.3 Å². The summed E-state index contributed by atoms with van der Waals surface area (Å²) in [6.45, 7) is 3.88. The van der Waals surface area contributed by atoms with E-state index in [0.717, 1.165) is 16.3 Å². The Morgan fingerprint density at radius 1 is 1.24 bits per heavy atom. The van der Waals surface area contributed by atoms with Gasteiger partial charge in [0.05, 0.1) is 17.2 Å². The van der Waals surface area contributed by atoms with Crippen LogP contribution < -0.4 is 10.9 Å². The number of amides is 1. The summed E-state index contributed by atoms with van der Waals surface area (Å²) in [4.78, 5) is 12.0. The van der Waals surface area contributed by atoms with Crippen LogP contribution in [-0.4, -0.2) is 11.4 Å². The standard InChI is InChI=1S/C17H15N3O/c1-17(2)15(16(21)19-20-17)9-13-8-11(10-18)7-12-5-3-4-6-14(12)13/h3-9,20H,1-2H3,(H,19,21)/b15-9+. The van der Waals surface area contributed by atoms with Crippen molar-refractivity contribution in [2.24, 2.45) is 0 Å². The SMILES string of the molecule is CC1(C)NNC(=O)/C1=C\c1cc(C#N)cc2ccccc12. The molecule has 104 valence electrons. The van der Waals surface area contributed by atoms with Gasteiger partial charge in [0.25, 0.3) is 5.91 Å². The van der Waals surface area contributed by atoms with Gasteiger partial charge in [-0.15, -0.1) is 0 Å².